The third-order valence-electron chi connectivity index (χ3n) is 2.71. The number of aromatic nitrogens is 4. The molecule has 6 nitrogen and oxygen atoms in total. The molecular weight excluding hydrogens is 268 g/mol. The molecule has 0 fully saturated rings. The van der Waals surface area contributed by atoms with Gasteiger partial charge < -0.3 is 5.11 Å². The summed E-state index contributed by atoms with van der Waals surface area (Å²) < 4.78 is 1.60. The van der Waals surface area contributed by atoms with Gasteiger partial charge in [0.1, 0.15) is 0 Å². The molecule has 1 aromatic heterocycles. The van der Waals surface area contributed by atoms with E-state index in [0.717, 1.165) is 11.1 Å². The van der Waals surface area contributed by atoms with Crippen molar-refractivity contribution >= 4 is 17.6 Å². The zero-order chi connectivity index (χ0) is 13.8. The van der Waals surface area contributed by atoms with E-state index in [-0.39, 0.29) is 6.42 Å². The van der Waals surface area contributed by atoms with Crippen LogP contribution in [-0.2, 0) is 11.3 Å². The van der Waals surface area contributed by atoms with E-state index in [1.165, 1.54) is 0 Å². The summed E-state index contributed by atoms with van der Waals surface area (Å²) in [5, 5.41) is 20.8. The van der Waals surface area contributed by atoms with Gasteiger partial charge in [0.2, 0.25) is 0 Å². The Morgan fingerprint density at radius 1 is 1.47 bits per heavy atom. The second kappa shape index (κ2) is 5.79. The summed E-state index contributed by atoms with van der Waals surface area (Å²) in [5.41, 5.74) is 1.81. The van der Waals surface area contributed by atoms with E-state index in [1.807, 2.05) is 19.1 Å². The molecule has 2 aromatic rings. The average Bonchev–Trinajstić information content (AvgIpc) is 2.80. The summed E-state index contributed by atoms with van der Waals surface area (Å²) in [6.07, 6.45) is 0.582. The molecule has 0 spiro atoms. The summed E-state index contributed by atoms with van der Waals surface area (Å²) in [6.45, 7) is 2.38. The fourth-order valence-electron chi connectivity index (χ4n) is 1.73. The lowest BCUT2D eigenvalue weighted by molar-refractivity contribution is -0.137. The summed E-state index contributed by atoms with van der Waals surface area (Å²) in [7, 11) is 0. The first-order valence-corrected chi connectivity index (χ1v) is 6.20. The van der Waals surface area contributed by atoms with Crippen LogP contribution in [0.1, 0.15) is 18.4 Å². The minimum atomic E-state index is -0.822. The quantitative estimate of drug-likeness (QED) is 0.908. The highest BCUT2D eigenvalue weighted by molar-refractivity contribution is 6.31. The van der Waals surface area contributed by atoms with Gasteiger partial charge in [-0.05, 0) is 47.5 Å². The topological polar surface area (TPSA) is 80.9 Å². The van der Waals surface area contributed by atoms with Crippen molar-refractivity contribution < 1.29 is 9.90 Å². The van der Waals surface area contributed by atoms with E-state index in [2.05, 4.69) is 15.5 Å². The number of aliphatic carboxylic acids is 1. The van der Waals surface area contributed by atoms with Crippen molar-refractivity contribution in [3.8, 4) is 11.4 Å². The lowest BCUT2D eigenvalue weighted by Crippen LogP contribution is -2.05. The maximum Gasteiger partial charge on any atom is 0.303 e. The van der Waals surface area contributed by atoms with Crippen LogP contribution in [0.15, 0.2) is 18.2 Å². The molecule has 19 heavy (non-hydrogen) atoms. The lowest BCUT2D eigenvalue weighted by atomic mass is 10.1. The smallest absolute Gasteiger partial charge is 0.303 e. The number of rotatable bonds is 5. The Kier molecular flexibility index (Phi) is 4.11. The second-order valence-electron chi connectivity index (χ2n) is 4.19. The zero-order valence-electron chi connectivity index (χ0n) is 10.4. The fourth-order valence-corrected chi connectivity index (χ4v) is 1.84. The molecule has 100 valence electrons. The van der Waals surface area contributed by atoms with Crippen LogP contribution in [0.25, 0.3) is 11.4 Å². The number of carbonyl (C=O) groups is 1. The lowest BCUT2D eigenvalue weighted by Gasteiger charge is -2.05. The molecule has 1 heterocycles. The van der Waals surface area contributed by atoms with Crippen molar-refractivity contribution in [2.75, 3.05) is 0 Å². The van der Waals surface area contributed by atoms with Gasteiger partial charge in [-0.15, -0.1) is 5.10 Å². The van der Waals surface area contributed by atoms with Crippen molar-refractivity contribution in [1.82, 2.24) is 20.2 Å². The van der Waals surface area contributed by atoms with E-state index in [0.29, 0.717) is 23.8 Å². The highest BCUT2D eigenvalue weighted by Gasteiger charge is 2.10. The van der Waals surface area contributed by atoms with Gasteiger partial charge in [-0.3, -0.25) is 4.79 Å². The van der Waals surface area contributed by atoms with Crippen LogP contribution in [0.5, 0.6) is 0 Å². The minimum Gasteiger partial charge on any atom is -0.481 e. The first-order chi connectivity index (χ1) is 9.08. The van der Waals surface area contributed by atoms with E-state index < -0.39 is 5.97 Å². The first-order valence-electron chi connectivity index (χ1n) is 5.82. The van der Waals surface area contributed by atoms with Crippen molar-refractivity contribution in [2.45, 2.75) is 26.3 Å². The second-order valence-corrected chi connectivity index (χ2v) is 4.59. The number of hydrogen-bond donors (Lipinski definition) is 1. The molecule has 7 heteroatoms. The van der Waals surface area contributed by atoms with Crippen LogP contribution in [0.2, 0.25) is 5.02 Å². The maximum absolute atomic E-state index is 10.5. The third-order valence-corrected chi connectivity index (χ3v) is 3.13. The predicted octanol–water partition coefficient (Wildman–Crippen LogP) is 2.17. The molecule has 0 atom stereocenters. The molecule has 0 saturated heterocycles. The summed E-state index contributed by atoms with van der Waals surface area (Å²) in [4.78, 5) is 10.5. The highest BCUT2D eigenvalue weighted by Crippen LogP contribution is 2.22. The maximum atomic E-state index is 10.5. The number of nitrogens with zero attached hydrogens (tertiary/aromatic N) is 4. The van der Waals surface area contributed by atoms with Crippen molar-refractivity contribution in [3.05, 3.63) is 28.8 Å². The van der Waals surface area contributed by atoms with Crippen LogP contribution in [-0.4, -0.2) is 31.3 Å². The Bertz CT molecular complexity index is 597. The van der Waals surface area contributed by atoms with Gasteiger partial charge in [0, 0.05) is 23.6 Å². The van der Waals surface area contributed by atoms with Crippen LogP contribution in [0, 0.1) is 6.92 Å². The molecular formula is C12H13ClN4O2. The number of halogens is 1. The Hall–Kier alpha value is -1.95. The van der Waals surface area contributed by atoms with Gasteiger partial charge in [-0.1, -0.05) is 11.6 Å². The first kappa shape index (κ1) is 13.5. The zero-order valence-corrected chi connectivity index (χ0v) is 11.1. The number of tetrazole rings is 1. The summed E-state index contributed by atoms with van der Waals surface area (Å²) in [5.74, 6) is -0.206. The van der Waals surface area contributed by atoms with Crippen molar-refractivity contribution in [3.63, 3.8) is 0 Å². The monoisotopic (exact) mass is 280 g/mol. The summed E-state index contributed by atoms with van der Waals surface area (Å²) in [6, 6.07) is 5.54. The molecule has 2 rings (SSSR count). The van der Waals surface area contributed by atoms with Crippen LogP contribution in [0.3, 0.4) is 0 Å². The Labute approximate surface area is 115 Å². The normalized spacial score (nSPS) is 10.6. The van der Waals surface area contributed by atoms with Crippen molar-refractivity contribution in [2.24, 2.45) is 0 Å². The Morgan fingerprint density at radius 2 is 2.26 bits per heavy atom. The number of benzene rings is 1. The number of carboxylic acid groups (broad SMARTS) is 1. The van der Waals surface area contributed by atoms with Crippen molar-refractivity contribution in [1.29, 1.82) is 0 Å². The predicted molar refractivity (Wildman–Crippen MR) is 69.9 cm³/mol. The molecule has 0 radical (unpaired) electrons. The van der Waals surface area contributed by atoms with Crippen LogP contribution >= 0.6 is 11.6 Å². The van der Waals surface area contributed by atoms with E-state index in [4.69, 9.17) is 16.7 Å². The molecule has 0 aliphatic rings. The van der Waals surface area contributed by atoms with E-state index in [1.54, 1.807) is 10.7 Å². The SMILES string of the molecule is Cc1cc(-c2nnnn2CCCC(=O)O)ccc1Cl. The summed E-state index contributed by atoms with van der Waals surface area (Å²) >= 11 is 5.98. The number of carboxylic acids is 1. The Balaban J connectivity index is 2.18. The average molecular weight is 281 g/mol. The third kappa shape index (κ3) is 3.29. The molecule has 0 aliphatic heterocycles. The number of aryl methyl sites for hydroxylation is 2. The highest BCUT2D eigenvalue weighted by atomic mass is 35.5. The van der Waals surface area contributed by atoms with Gasteiger partial charge in [-0.25, -0.2) is 4.68 Å². The van der Waals surface area contributed by atoms with Gasteiger partial charge in [0.25, 0.3) is 0 Å². The molecule has 0 unspecified atom stereocenters. The standard InChI is InChI=1S/C12H13ClN4O2/c1-8-7-9(4-5-10(8)13)12-14-15-16-17(12)6-2-3-11(18)19/h4-5,7H,2-3,6H2,1H3,(H,18,19). The van der Waals surface area contributed by atoms with Gasteiger partial charge >= 0.3 is 5.97 Å². The molecule has 0 bridgehead atoms. The largest absolute Gasteiger partial charge is 0.481 e. The Morgan fingerprint density at radius 3 is 2.95 bits per heavy atom. The minimum absolute atomic E-state index is 0.0962. The molecule has 1 N–H and O–H groups in total. The fraction of sp³-hybridized carbons (Fsp3) is 0.333. The van der Waals surface area contributed by atoms with Crippen LogP contribution in [0.4, 0.5) is 0 Å². The molecule has 0 aliphatic carbocycles. The van der Waals surface area contributed by atoms with Crippen LogP contribution < -0.4 is 0 Å². The van der Waals surface area contributed by atoms with E-state index in [9.17, 15) is 4.79 Å². The van der Waals surface area contributed by atoms with Gasteiger partial charge in [-0.2, -0.15) is 0 Å². The molecule has 0 saturated carbocycles. The van der Waals surface area contributed by atoms with Gasteiger partial charge in [0.15, 0.2) is 5.82 Å². The number of hydrogen-bond acceptors (Lipinski definition) is 4. The molecule has 1 aromatic carbocycles. The van der Waals surface area contributed by atoms with E-state index >= 15 is 0 Å². The van der Waals surface area contributed by atoms with Gasteiger partial charge in [0.05, 0.1) is 0 Å². The molecule has 0 amide bonds.